The lowest BCUT2D eigenvalue weighted by Crippen LogP contribution is -2.11. The summed E-state index contributed by atoms with van der Waals surface area (Å²) >= 11 is 0. The van der Waals surface area contributed by atoms with E-state index in [0.717, 1.165) is 5.56 Å². The molecule has 0 aromatic heterocycles. The molecule has 124 valence electrons. The number of non-ortho nitro benzene ring substituents is 1. The first kappa shape index (κ1) is 17.1. The van der Waals surface area contributed by atoms with Crippen LogP contribution in [0.2, 0.25) is 0 Å². The maximum Gasteiger partial charge on any atom is 0.303 e. The summed E-state index contributed by atoms with van der Waals surface area (Å²) in [7, 11) is 0. The molecule has 0 heterocycles. The Balaban J connectivity index is 2.09. The second-order valence-corrected chi connectivity index (χ2v) is 5.18. The number of hydrogen-bond donors (Lipinski definition) is 2. The molecule has 0 saturated carbocycles. The molecule has 0 atom stereocenters. The number of benzene rings is 2. The van der Waals surface area contributed by atoms with Crippen molar-refractivity contribution in [1.82, 2.24) is 0 Å². The number of nitro groups is 1. The molecule has 2 aromatic carbocycles. The molecule has 1 amide bonds. The third-order valence-corrected chi connectivity index (χ3v) is 3.33. The van der Waals surface area contributed by atoms with Crippen molar-refractivity contribution in [3.05, 3.63) is 58.6 Å². The summed E-state index contributed by atoms with van der Waals surface area (Å²) < 4.78 is 0. The number of rotatable bonds is 7. The minimum Gasteiger partial charge on any atom is -0.481 e. The molecule has 0 bridgehead atoms. The van der Waals surface area contributed by atoms with E-state index in [-0.39, 0.29) is 30.9 Å². The normalized spacial score (nSPS) is 10.2. The highest BCUT2D eigenvalue weighted by molar-refractivity contribution is 5.91. The van der Waals surface area contributed by atoms with Crippen LogP contribution in [0.1, 0.15) is 19.3 Å². The lowest BCUT2D eigenvalue weighted by Gasteiger charge is -2.07. The minimum absolute atomic E-state index is 0.00407. The fourth-order valence-corrected chi connectivity index (χ4v) is 2.20. The topological polar surface area (TPSA) is 110 Å². The highest BCUT2D eigenvalue weighted by Gasteiger charge is 2.09. The van der Waals surface area contributed by atoms with Gasteiger partial charge in [-0.05, 0) is 29.7 Å². The van der Waals surface area contributed by atoms with Crippen LogP contribution < -0.4 is 5.32 Å². The Morgan fingerprint density at radius 3 is 2.38 bits per heavy atom. The van der Waals surface area contributed by atoms with Crippen molar-refractivity contribution in [3.8, 4) is 11.1 Å². The molecule has 0 radical (unpaired) electrons. The van der Waals surface area contributed by atoms with Crippen LogP contribution >= 0.6 is 0 Å². The summed E-state index contributed by atoms with van der Waals surface area (Å²) in [6.07, 6.45) is 0.334. The Hall–Kier alpha value is -3.22. The van der Waals surface area contributed by atoms with Gasteiger partial charge in [-0.2, -0.15) is 0 Å². The fourth-order valence-electron chi connectivity index (χ4n) is 2.20. The first-order valence-corrected chi connectivity index (χ1v) is 7.32. The van der Waals surface area contributed by atoms with E-state index in [1.807, 2.05) is 0 Å². The van der Waals surface area contributed by atoms with Gasteiger partial charge < -0.3 is 10.4 Å². The SMILES string of the molecule is O=C(O)CCCC(=O)Nc1cccc(-c2cccc([N+](=O)[O-])c2)c1. The van der Waals surface area contributed by atoms with Crippen LogP contribution in [-0.2, 0) is 9.59 Å². The number of amides is 1. The quantitative estimate of drug-likeness (QED) is 0.597. The minimum atomic E-state index is -0.935. The number of carboxylic acids is 1. The molecule has 0 saturated heterocycles. The number of carbonyl (C=O) groups excluding carboxylic acids is 1. The number of aliphatic carboxylic acids is 1. The average molecular weight is 328 g/mol. The number of nitrogens with zero attached hydrogens (tertiary/aromatic N) is 1. The zero-order valence-electron chi connectivity index (χ0n) is 12.8. The fraction of sp³-hybridized carbons (Fsp3) is 0.176. The van der Waals surface area contributed by atoms with Gasteiger partial charge >= 0.3 is 5.97 Å². The number of anilines is 1. The van der Waals surface area contributed by atoms with Gasteiger partial charge in [0, 0.05) is 30.7 Å². The molecule has 2 N–H and O–H groups in total. The summed E-state index contributed by atoms with van der Waals surface area (Å²) in [6, 6.07) is 13.2. The molecular weight excluding hydrogens is 312 g/mol. The van der Waals surface area contributed by atoms with Crippen molar-refractivity contribution < 1.29 is 19.6 Å². The Kier molecular flexibility index (Phi) is 5.62. The van der Waals surface area contributed by atoms with Crippen LogP contribution in [0.15, 0.2) is 48.5 Å². The van der Waals surface area contributed by atoms with E-state index in [1.165, 1.54) is 12.1 Å². The first-order valence-electron chi connectivity index (χ1n) is 7.32. The van der Waals surface area contributed by atoms with Crippen LogP contribution in [0.4, 0.5) is 11.4 Å². The van der Waals surface area contributed by atoms with E-state index in [9.17, 15) is 19.7 Å². The Morgan fingerprint density at radius 1 is 1.04 bits per heavy atom. The van der Waals surface area contributed by atoms with Gasteiger partial charge in [0.2, 0.25) is 5.91 Å². The van der Waals surface area contributed by atoms with Gasteiger partial charge in [-0.1, -0.05) is 24.3 Å². The predicted octanol–water partition coefficient (Wildman–Crippen LogP) is 3.46. The predicted molar refractivity (Wildman–Crippen MR) is 88.6 cm³/mol. The zero-order chi connectivity index (χ0) is 17.5. The summed E-state index contributed by atoms with van der Waals surface area (Å²) in [5.41, 5.74) is 1.96. The van der Waals surface area contributed by atoms with Crippen LogP contribution in [0, 0.1) is 10.1 Å². The molecular formula is C17H16N2O5. The Labute approximate surface area is 138 Å². The molecule has 2 rings (SSSR count). The van der Waals surface area contributed by atoms with E-state index in [0.29, 0.717) is 11.3 Å². The van der Waals surface area contributed by atoms with Crippen LogP contribution in [0.3, 0.4) is 0 Å². The lowest BCUT2D eigenvalue weighted by atomic mass is 10.0. The second-order valence-electron chi connectivity index (χ2n) is 5.18. The molecule has 0 aliphatic heterocycles. The molecule has 7 nitrogen and oxygen atoms in total. The maximum absolute atomic E-state index is 11.8. The summed E-state index contributed by atoms with van der Waals surface area (Å²) in [5.74, 6) is -1.21. The van der Waals surface area contributed by atoms with Crippen molar-refractivity contribution in [1.29, 1.82) is 0 Å². The summed E-state index contributed by atoms with van der Waals surface area (Å²) in [4.78, 5) is 32.6. The molecule has 0 fully saturated rings. The highest BCUT2D eigenvalue weighted by Crippen LogP contribution is 2.26. The standard InChI is InChI=1S/C17H16N2O5/c20-16(8-3-9-17(21)22)18-14-6-1-4-12(10-14)13-5-2-7-15(11-13)19(23)24/h1-2,4-7,10-11H,3,8-9H2,(H,18,20)(H,21,22). The first-order chi connectivity index (χ1) is 11.5. The molecule has 24 heavy (non-hydrogen) atoms. The molecule has 0 aliphatic rings. The van der Waals surface area contributed by atoms with Crippen molar-refractivity contribution in [2.24, 2.45) is 0 Å². The number of carbonyl (C=O) groups is 2. The summed E-state index contributed by atoms with van der Waals surface area (Å²) in [5, 5.41) is 22.1. The zero-order valence-corrected chi connectivity index (χ0v) is 12.8. The van der Waals surface area contributed by atoms with Crippen LogP contribution in [-0.4, -0.2) is 21.9 Å². The van der Waals surface area contributed by atoms with Gasteiger partial charge in [-0.15, -0.1) is 0 Å². The van der Waals surface area contributed by atoms with Gasteiger partial charge in [0.15, 0.2) is 0 Å². The van der Waals surface area contributed by atoms with Gasteiger partial charge in [-0.25, -0.2) is 0 Å². The van der Waals surface area contributed by atoms with Crippen molar-refractivity contribution in [2.75, 3.05) is 5.32 Å². The van der Waals surface area contributed by atoms with Crippen LogP contribution in [0.5, 0.6) is 0 Å². The smallest absolute Gasteiger partial charge is 0.303 e. The number of hydrogen-bond acceptors (Lipinski definition) is 4. The molecule has 0 spiro atoms. The van der Waals surface area contributed by atoms with E-state index in [2.05, 4.69) is 5.32 Å². The van der Waals surface area contributed by atoms with E-state index in [1.54, 1.807) is 36.4 Å². The number of carboxylic acid groups (broad SMARTS) is 1. The molecule has 7 heteroatoms. The second kappa shape index (κ2) is 7.87. The van der Waals surface area contributed by atoms with Gasteiger partial charge in [0.1, 0.15) is 0 Å². The summed E-state index contributed by atoms with van der Waals surface area (Å²) in [6.45, 7) is 0. The third kappa shape index (κ3) is 4.91. The van der Waals surface area contributed by atoms with E-state index >= 15 is 0 Å². The molecule has 0 aliphatic carbocycles. The van der Waals surface area contributed by atoms with Gasteiger partial charge in [0.05, 0.1) is 4.92 Å². The average Bonchev–Trinajstić information content (AvgIpc) is 2.55. The van der Waals surface area contributed by atoms with Crippen molar-refractivity contribution >= 4 is 23.3 Å². The maximum atomic E-state index is 11.8. The lowest BCUT2D eigenvalue weighted by molar-refractivity contribution is -0.384. The Bertz CT molecular complexity index is 773. The molecule has 0 unspecified atom stereocenters. The third-order valence-electron chi connectivity index (χ3n) is 3.33. The van der Waals surface area contributed by atoms with Crippen LogP contribution in [0.25, 0.3) is 11.1 Å². The van der Waals surface area contributed by atoms with Crippen molar-refractivity contribution in [3.63, 3.8) is 0 Å². The monoisotopic (exact) mass is 328 g/mol. The number of nitrogens with one attached hydrogen (secondary N) is 1. The van der Waals surface area contributed by atoms with E-state index in [4.69, 9.17) is 5.11 Å². The number of nitro benzene ring substituents is 1. The highest BCUT2D eigenvalue weighted by atomic mass is 16.6. The Morgan fingerprint density at radius 2 is 1.71 bits per heavy atom. The van der Waals surface area contributed by atoms with Gasteiger partial charge in [-0.3, -0.25) is 19.7 Å². The largest absolute Gasteiger partial charge is 0.481 e. The van der Waals surface area contributed by atoms with Crippen molar-refractivity contribution in [2.45, 2.75) is 19.3 Å². The molecule has 2 aromatic rings. The van der Waals surface area contributed by atoms with Gasteiger partial charge in [0.25, 0.3) is 5.69 Å². The van der Waals surface area contributed by atoms with E-state index < -0.39 is 10.9 Å².